The van der Waals surface area contributed by atoms with Crippen LogP contribution in [0.3, 0.4) is 0 Å². The summed E-state index contributed by atoms with van der Waals surface area (Å²) in [5.74, 6) is 0. The number of hydrogen-bond acceptors (Lipinski definition) is 2. The van der Waals surface area contributed by atoms with Gasteiger partial charge in [-0.05, 0) is 12.8 Å². The van der Waals surface area contributed by atoms with Gasteiger partial charge < -0.3 is 4.74 Å². The van der Waals surface area contributed by atoms with Crippen LogP contribution in [-0.2, 0) is 11.8 Å². The molecule has 1 fully saturated rings. The summed E-state index contributed by atoms with van der Waals surface area (Å²) in [4.78, 5) is 11.1. The van der Waals surface area contributed by atoms with E-state index in [1.54, 1.807) is 13.1 Å². The number of hydrogen-bond donors (Lipinski definition) is 1. The molecule has 1 N–H and O–H groups in total. The Labute approximate surface area is 70.1 Å². The van der Waals surface area contributed by atoms with Crippen molar-refractivity contribution < 1.29 is 4.74 Å². The van der Waals surface area contributed by atoms with Gasteiger partial charge in [0.15, 0.2) is 0 Å². The molecule has 1 atom stereocenters. The van der Waals surface area contributed by atoms with Crippen molar-refractivity contribution in [3.05, 3.63) is 22.1 Å². The highest BCUT2D eigenvalue weighted by molar-refractivity contribution is 5.04. The fraction of sp³-hybridized carbons (Fsp3) is 0.625. The third-order valence-electron chi connectivity index (χ3n) is 2.18. The minimum absolute atomic E-state index is 0.000463. The smallest absolute Gasteiger partial charge is 0.266 e. The Balaban J connectivity index is 2.27. The third-order valence-corrected chi connectivity index (χ3v) is 2.18. The van der Waals surface area contributed by atoms with E-state index in [4.69, 9.17) is 4.74 Å². The molecule has 1 aromatic heterocycles. The Morgan fingerprint density at radius 2 is 2.58 bits per heavy atom. The fourth-order valence-corrected chi connectivity index (χ4v) is 1.50. The Kier molecular flexibility index (Phi) is 1.77. The lowest BCUT2D eigenvalue weighted by Crippen LogP contribution is -2.09. The molecule has 4 heteroatoms. The highest BCUT2D eigenvalue weighted by Gasteiger charge is 2.19. The van der Waals surface area contributed by atoms with Crippen LogP contribution in [0.2, 0.25) is 0 Å². The Bertz CT molecular complexity index is 320. The van der Waals surface area contributed by atoms with E-state index in [9.17, 15) is 4.79 Å². The first-order valence-electron chi connectivity index (χ1n) is 4.15. The highest BCUT2D eigenvalue weighted by atomic mass is 16.5. The van der Waals surface area contributed by atoms with Gasteiger partial charge in [-0.25, -0.2) is 0 Å². The number of aryl methyl sites for hydroxylation is 1. The van der Waals surface area contributed by atoms with E-state index in [0.29, 0.717) is 0 Å². The van der Waals surface area contributed by atoms with Crippen molar-refractivity contribution in [3.63, 3.8) is 0 Å². The highest BCUT2D eigenvalue weighted by Crippen LogP contribution is 2.25. The lowest BCUT2D eigenvalue weighted by atomic mass is 10.2. The van der Waals surface area contributed by atoms with E-state index in [-0.39, 0.29) is 11.7 Å². The summed E-state index contributed by atoms with van der Waals surface area (Å²) >= 11 is 0. The molecule has 1 saturated heterocycles. The van der Waals surface area contributed by atoms with Crippen LogP contribution in [0, 0.1) is 0 Å². The normalized spacial score (nSPS) is 23.2. The third kappa shape index (κ3) is 1.18. The van der Waals surface area contributed by atoms with Crippen LogP contribution in [-0.4, -0.2) is 16.4 Å². The number of aromatic nitrogens is 2. The van der Waals surface area contributed by atoms with Gasteiger partial charge >= 0.3 is 0 Å². The van der Waals surface area contributed by atoms with E-state index >= 15 is 0 Å². The molecule has 1 aromatic rings. The van der Waals surface area contributed by atoms with E-state index in [1.807, 2.05) is 0 Å². The molecule has 1 unspecified atom stereocenters. The number of ether oxygens (including phenoxy) is 1. The molecule has 0 spiro atoms. The molecule has 0 saturated carbocycles. The van der Waals surface area contributed by atoms with Crippen molar-refractivity contribution in [2.75, 3.05) is 6.61 Å². The Hall–Kier alpha value is -1.03. The number of rotatable bonds is 1. The maximum atomic E-state index is 11.1. The second kappa shape index (κ2) is 2.79. The quantitative estimate of drug-likeness (QED) is 0.666. The molecule has 4 nitrogen and oxygen atoms in total. The SMILES string of the molecule is Cn1[nH]c(C2CCCO2)cc1=O. The molecule has 0 aromatic carbocycles. The van der Waals surface area contributed by atoms with Crippen LogP contribution < -0.4 is 5.56 Å². The molecule has 0 bridgehead atoms. The van der Waals surface area contributed by atoms with Crippen molar-refractivity contribution >= 4 is 0 Å². The zero-order valence-electron chi connectivity index (χ0n) is 7.04. The topological polar surface area (TPSA) is 47.0 Å². The lowest BCUT2D eigenvalue weighted by Gasteiger charge is -2.04. The van der Waals surface area contributed by atoms with E-state index < -0.39 is 0 Å². The van der Waals surface area contributed by atoms with Gasteiger partial charge in [-0.3, -0.25) is 14.6 Å². The summed E-state index contributed by atoms with van der Waals surface area (Å²) in [5.41, 5.74) is 0.903. The number of aromatic amines is 1. The zero-order chi connectivity index (χ0) is 8.55. The van der Waals surface area contributed by atoms with Gasteiger partial charge in [0.05, 0.1) is 11.8 Å². The zero-order valence-corrected chi connectivity index (χ0v) is 7.04. The van der Waals surface area contributed by atoms with E-state index in [0.717, 1.165) is 25.1 Å². The van der Waals surface area contributed by atoms with Crippen molar-refractivity contribution in [3.8, 4) is 0 Å². The van der Waals surface area contributed by atoms with Crippen LogP contribution in [0.5, 0.6) is 0 Å². The van der Waals surface area contributed by atoms with Crippen LogP contribution in [0.25, 0.3) is 0 Å². The first kappa shape index (κ1) is 7.61. The standard InChI is InChI=1S/C8H12N2O2/c1-10-8(11)5-6(9-10)7-3-2-4-12-7/h5,7,9H,2-4H2,1H3. The van der Waals surface area contributed by atoms with Gasteiger partial charge in [0.2, 0.25) is 0 Å². The fourth-order valence-electron chi connectivity index (χ4n) is 1.50. The summed E-state index contributed by atoms with van der Waals surface area (Å²) in [6.07, 6.45) is 2.21. The monoisotopic (exact) mass is 168 g/mol. The van der Waals surface area contributed by atoms with Crippen molar-refractivity contribution in [2.24, 2.45) is 7.05 Å². The minimum atomic E-state index is 0.000463. The van der Waals surface area contributed by atoms with Gasteiger partial charge in [0.1, 0.15) is 0 Å². The Morgan fingerprint density at radius 3 is 3.08 bits per heavy atom. The second-order valence-corrected chi connectivity index (χ2v) is 3.11. The van der Waals surface area contributed by atoms with E-state index in [1.165, 1.54) is 4.68 Å². The molecule has 66 valence electrons. The predicted molar refractivity (Wildman–Crippen MR) is 44.0 cm³/mol. The summed E-state index contributed by atoms with van der Waals surface area (Å²) < 4.78 is 6.89. The molecule has 0 aliphatic carbocycles. The molecule has 0 amide bonds. The molecule has 0 radical (unpaired) electrons. The van der Waals surface area contributed by atoms with Crippen LogP contribution in [0.15, 0.2) is 10.9 Å². The average Bonchev–Trinajstić information content (AvgIpc) is 2.61. The van der Waals surface area contributed by atoms with Gasteiger partial charge in [-0.2, -0.15) is 0 Å². The average molecular weight is 168 g/mol. The summed E-state index contributed by atoms with van der Waals surface area (Å²) in [6.45, 7) is 0.807. The van der Waals surface area contributed by atoms with E-state index in [2.05, 4.69) is 5.10 Å². The van der Waals surface area contributed by atoms with Crippen LogP contribution in [0.1, 0.15) is 24.6 Å². The van der Waals surface area contributed by atoms with Gasteiger partial charge in [0, 0.05) is 19.7 Å². The lowest BCUT2D eigenvalue weighted by molar-refractivity contribution is 0.108. The number of nitrogens with one attached hydrogen (secondary N) is 1. The molecule has 1 aliphatic heterocycles. The predicted octanol–water partition coefficient (Wildman–Crippen LogP) is 0.565. The number of H-pyrrole nitrogens is 1. The molecule has 2 rings (SSSR count). The maximum Gasteiger partial charge on any atom is 0.266 e. The second-order valence-electron chi connectivity index (χ2n) is 3.11. The largest absolute Gasteiger partial charge is 0.372 e. The van der Waals surface area contributed by atoms with Crippen LogP contribution >= 0.6 is 0 Å². The number of nitrogens with zero attached hydrogens (tertiary/aromatic N) is 1. The van der Waals surface area contributed by atoms with Gasteiger partial charge in [0.25, 0.3) is 5.56 Å². The first-order chi connectivity index (χ1) is 5.77. The maximum absolute atomic E-state index is 11.1. The summed E-state index contributed by atoms with van der Waals surface area (Å²) in [5, 5.41) is 2.97. The van der Waals surface area contributed by atoms with Crippen molar-refractivity contribution in [2.45, 2.75) is 18.9 Å². The molecule has 2 heterocycles. The van der Waals surface area contributed by atoms with Gasteiger partial charge in [-0.15, -0.1) is 0 Å². The first-order valence-corrected chi connectivity index (χ1v) is 4.15. The van der Waals surface area contributed by atoms with Crippen molar-refractivity contribution in [1.29, 1.82) is 0 Å². The summed E-state index contributed by atoms with van der Waals surface area (Å²) in [6, 6.07) is 1.61. The van der Waals surface area contributed by atoms with Crippen LogP contribution in [0.4, 0.5) is 0 Å². The molecule has 12 heavy (non-hydrogen) atoms. The van der Waals surface area contributed by atoms with Crippen molar-refractivity contribution in [1.82, 2.24) is 9.78 Å². The molecular weight excluding hydrogens is 156 g/mol. The minimum Gasteiger partial charge on any atom is -0.372 e. The molecular formula is C8H12N2O2. The molecule has 1 aliphatic rings. The Morgan fingerprint density at radius 1 is 1.75 bits per heavy atom. The van der Waals surface area contributed by atoms with Gasteiger partial charge in [-0.1, -0.05) is 0 Å². The summed E-state index contributed by atoms with van der Waals surface area (Å²) in [7, 11) is 1.71.